The molecule has 0 spiro atoms. The van der Waals surface area contributed by atoms with Crippen molar-refractivity contribution in [2.24, 2.45) is 0 Å². The summed E-state index contributed by atoms with van der Waals surface area (Å²) in [6, 6.07) is 0. The van der Waals surface area contributed by atoms with Gasteiger partial charge in [-0.1, -0.05) is 0 Å². The molecule has 0 amide bonds. The van der Waals surface area contributed by atoms with Crippen LogP contribution >= 0.6 is 0 Å². The summed E-state index contributed by atoms with van der Waals surface area (Å²) >= 11 is 0. The van der Waals surface area contributed by atoms with Gasteiger partial charge in [0.25, 0.3) is 0 Å². The molecule has 0 radical (unpaired) electrons. The van der Waals surface area contributed by atoms with Gasteiger partial charge in [-0.2, -0.15) is 0 Å². The first-order valence-electron chi connectivity index (χ1n) is 3.88. The molecule has 0 aromatic rings. The van der Waals surface area contributed by atoms with Crippen LogP contribution in [0.15, 0.2) is 0 Å². The van der Waals surface area contributed by atoms with Crippen LogP contribution in [0.1, 0.15) is 26.2 Å². The van der Waals surface area contributed by atoms with Crippen LogP contribution in [-0.2, 0) is 4.74 Å². The number of rotatable bonds is 5. The van der Waals surface area contributed by atoms with E-state index >= 15 is 0 Å². The molecule has 2 heteroatoms. The Bertz CT molecular complexity index is 132. The van der Waals surface area contributed by atoms with Gasteiger partial charge in [0.05, 0.1) is 6.10 Å². The van der Waals surface area contributed by atoms with E-state index in [0.717, 1.165) is 19.4 Å². The highest BCUT2D eigenvalue weighted by atomic mass is 16.5. The third kappa shape index (κ3) is 7.38. The molecule has 0 aliphatic heterocycles. The van der Waals surface area contributed by atoms with Crippen LogP contribution < -0.4 is 0 Å². The summed E-state index contributed by atoms with van der Waals surface area (Å²) in [6.07, 6.45) is 1.99. The van der Waals surface area contributed by atoms with E-state index in [9.17, 15) is 5.11 Å². The number of aliphatic hydroxyl groups excluding tert-OH is 1. The SMILES string of the molecule is CC#CCC(O)CCCOC. The number of methoxy groups -OCH3 is 1. The summed E-state index contributed by atoms with van der Waals surface area (Å²) in [5, 5.41) is 9.25. The Morgan fingerprint density at radius 2 is 2.27 bits per heavy atom. The molecule has 0 aliphatic carbocycles. The van der Waals surface area contributed by atoms with Gasteiger partial charge in [0, 0.05) is 20.1 Å². The summed E-state index contributed by atoms with van der Waals surface area (Å²) in [5.74, 6) is 5.58. The maximum absolute atomic E-state index is 9.25. The lowest BCUT2D eigenvalue weighted by molar-refractivity contribution is 0.138. The van der Waals surface area contributed by atoms with Crippen LogP contribution in [0.5, 0.6) is 0 Å². The molecule has 0 aromatic carbocycles. The Hall–Kier alpha value is -0.520. The van der Waals surface area contributed by atoms with Crippen LogP contribution in [0.3, 0.4) is 0 Å². The highest BCUT2D eigenvalue weighted by molar-refractivity contribution is 4.96. The molecule has 0 aromatic heterocycles. The third-order valence-corrected chi connectivity index (χ3v) is 1.40. The van der Waals surface area contributed by atoms with Gasteiger partial charge < -0.3 is 9.84 Å². The van der Waals surface area contributed by atoms with Gasteiger partial charge in [-0.05, 0) is 19.8 Å². The fourth-order valence-corrected chi connectivity index (χ4v) is 0.785. The Labute approximate surface area is 68.6 Å². The van der Waals surface area contributed by atoms with Crippen LogP contribution in [0.2, 0.25) is 0 Å². The van der Waals surface area contributed by atoms with Gasteiger partial charge >= 0.3 is 0 Å². The summed E-state index contributed by atoms with van der Waals surface area (Å²) < 4.78 is 4.85. The number of ether oxygens (including phenoxy) is 1. The predicted molar refractivity (Wildman–Crippen MR) is 45.2 cm³/mol. The summed E-state index contributed by atoms with van der Waals surface area (Å²) in [7, 11) is 1.66. The van der Waals surface area contributed by atoms with Crippen LogP contribution in [0.25, 0.3) is 0 Å². The van der Waals surface area contributed by atoms with Gasteiger partial charge in [-0.25, -0.2) is 0 Å². The molecular formula is C9H16O2. The summed E-state index contributed by atoms with van der Waals surface area (Å²) in [6.45, 7) is 2.50. The first-order chi connectivity index (χ1) is 5.31. The average molecular weight is 156 g/mol. The number of aliphatic hydroxyl groups is 1. The number of hydrogen-bond acceptors (Lipinski definition) is 2. The van der Waals surface area contributed by atoms with E-state index in [1.807, 2.05) is 0 Å². The van der Waals surface area contributed by atoms with Crippen molar-refractivity contribution < 1.29 is 9.84 Å². The molecule has 0 bridgehead atoms. The molecule has 1 atom stereocenters. The second-order valence-corrected chi connectivity index (χ2v) is 2.42. The molecule has 2 nitrogen and oxygen atoms in total. The van der Waals surface area contributed by atoms with Gasteiger partial charge in [-0.15, -0.1) is 11.8 Å². The molecule has 11 heavy (non-hydrogen) atoms. The third-order valence-electron chi connectivity index (χ3n) is 1.40. The fourth-order valence-electron chi connectivity index (χ4n) is 0.785. The monoisotopic (exact) mass is 156 g/mol. The Morgan fingerprint density at radius 3 is 2.82 bits per heavy atom. The van der Waals surface area contributed by atoms with Crippen molar-refractivity contribution in [1.29, 1.82) is 0 Å². The first kappa shape index (κ1) is 10.5. The predicted octanol–water partition coefficient (Wildman–Crippen LogP) is 1.19. The second-order valence-electron chi connectivity index (χ2n) is 2.42. The zero-order valence-electron chi connectivity index (χ0n) is 7.26. The van der Waals surface area contributed by atoms with E-state index in [4.69, 9.17) is 4.74 Å². The molecule has 0 aliphatic rings. The molecule has 1 unspecified atom stereocenters. The Morgan fingerprint density at radius 1 is 1.55 bits per heavy atom. The van der Waals surface area contributed by atoms with Crippen molar-refractivity contribution >= 4 is 0 Å². The van der Waals surface area contributed by atoms with E-state index in [2.05, 4.69) is 11.8 Å². The van der Waals surface area contributed by atoms with Gasteiger partial charge in [0.2, 0.25) is 0 Å². The normalized spacial score (nSPS) is 11.9. The van der Waals surface area contributed by atoms with Crippen molar-refractivity contribution in [3.63, 3.8) is 0 Å². The van der Waals surface area contributed by atoms with Crippen molar-refractivity contribution in [3.05, 3.63) is 0 Å². The van der Waals surface area contributed by atoms with E-state index in [-0.39, 0.29) is 6.10 Å². The molecule has 0 saturated heterocycles. The van der Waals surface area contributed by atoms with Crippen LogP contribution in [-0.4, -0.2) is 24.9 Å². The lowest BCUT2D eigenvalue weighted by Crippen LogP contribution is -2.06. The van der Waals surface area contributed by atoms with Gasteiger partial charge in [-0.3, -0.25) is 0 Å². The second kappa shape index (κ2) is 7.59. The fraction of sp³-hybridized carbons (Fsp3) is 0.778. The van der Waals surface area contributed by atoms with Gasteiger partial charge in [0.15, 0.2) is 0 Å². The molecule has 0 rings (SSSR count). The highest BCUT2D eigenvalue weighted by Crippen LogP contribution is 2.00. The Kier molecular flexibility index (Phi) is 7.23. The van der Waals surface area contributed by atoms with Gasteiger partial charge in [0.1, 0.15) is 0 Å². The van der Waals surface area contributed by atoms with E-state index in [1.165, 1.54) is 0 Å². The maximum Gasteiger partial charge on any atom is 0.0650 e. The van der Waals surface area contributed by atoms with Crippen molar-refractivity contribution in [3.8, 4) is 11.8 Å². The smallest absolute Gasteiger partial charge is 0.0650 e. The lowest BCUT2D eigenvalue weighted by Gasteiger charge is -2.04. The van der Waals surface area contributed by atoms with E-state index in [0.29, 0.717) is 6.42 Å². The minimum atomic E-state index is -0.280. The van der Waals surface area contributed by atoms with E-state index < -0.39 is 0 Å². The quantitative estimate of drug-likeness (QED) is 0.478. The lowest BCUT2D eigenvalue weighted by atomic mass is 10.1. The minimum absolute atomic E-state index is 0.280. The zero-order valence-corrected chi connectivity index (χ0v) is 7.26. The molecular weight excluding hydrogens is 140 g/mol. The molecule has 0 saturated carbocycles. The standard InChI is InChI=1S/C9H16O2/c1-3-4-6-9(10)7-5-8-11-2/h9-10H,5-8H2,1-2H3. The molecule has 1 N–H and O–H groups in total. The van der Waals surface area contributed by atoms with Crippen molar-refractivity contribution in [1.82, 2.24) is 0 Å². The van der Waals surface area contributed by atoms with E-state index in [1.54, 1.807) is 14.0 Å². The summed E-state index contributed by atoms with van der Waals surface area (Å²) in [5.41, 5.74) is 0. The summed E-state index contributed by atoms with van der Waals surface area (Å²) in [4.78, 5) is 0. The maximum atomic E-state index is 9.25. The topological polar surface area (TPSA) is 29.5 Å². The van der Waals surface area contributed by atoms with Crippen molar-refractivity contribution in [2.75, 3.05) is 13.7 Å². The van der Waals surface area contributed by atoms with Crippen molar-refractivity contribution in [2.45, 2.75) is 32.3 Å². The van der Waals surface area contributed by atoms with Crippen LogP contribution in [0.4, 0.5) is 0 Å². The minimum Gasteiger partial charge on any atom is -0.392 e. The largest absolute Gasteiger partial charge is 0.392 e. The average Bonchev–Trinajstić information content (AvgIpc) is 2.01. The molecule has 64 valence electrons. The Balaban J connectivity index is 3.19. The number of hydrogen-bond donors (Lipinski definition) is 1. The zero-order chi connectivity index (χ0) is 8.53. The van der Waals surface area contributed by atoms with Crippen LogP contribution in [0, 0.1) is 11.8 Å². The molecule has 0 fully saturated rings. The highest BCUT2D eigenvalue weighted by Gasteiger charge is 1.99. The first-order valence-corrected chi connectivity index (χ1v) is 3.88. The molecule has 0 heterocycles.